The monoisotopic (exact) mass is 413 g/mol. The lowest BCUT2D eigenvalue weighted by atomic mass is 9.89. The van der Waals surface area contributed by atoms with Crippen molar-refractivity contribution in [2.75, 3.05) is 0 Å². The van der Waals surface area contributed by atoms with E-state index in [4.69, 9.17) is 4.98 Å². The molecule has 6 heteroatoms. The number of aliphatic hydroxyl groups excluding tert-OH is 1. The fraction of sp³-hybridized carbons (Fsp3) is 0.240. The molecule has 0 aliphatic heterocycles. The van der Waals surface area contributed by atoms with Crippen LogP contribution in [0.3, 0.4) is 0 Å². The highest BCUT2D eigenvalue weighted by Gasteiger charge is 2.34. The van der Waals surface area contributed by atoms with Gasteiger partial charge in [0.25, 0.3) is 5.56 Å². The summed E-state index contributed by atoms with van der Waals surface area (Å²) in [5.74, 6) is 0. The van der Waals surface area contributed by atoms with Crippen molar-refractivity contribution in [3.63, 3.8) is 0 Å². The van der Waals surface area contributed by atoms with Gasteiger partial charge in [0.15, 0.2) is 5.65 Å². The van der Waals surface area contributed by atoms with Gasteiger partial charge in [-0.25, -0.2) is 9.78 Å². The normalized spacial score (nSPS) is 14.7. The molecule has 0 radical (unpaired) electrons. The SMILES string of the molecule is Cc1cc(C)c(C)c(-c2c3c(nc4c2c(=O)n(C)c(=O)n4C)-c2ccccc2[C@H]3O)c1. The maximum absolute atomic E-state index is 13.4. The second-order valence-corrected chi connectivity index (χ2v) is 8.40. The van der Waals surface area contributed by atoms with Crippen LogP contribution in [-0.4, -0.2) is 19.2 Å². The van der Waals surface area contributed by atoms with Crippen LogP contribution in [-0.2, 0) is 14.1 Å². The van der Waals surface area contributed by atoms with Crippen LogP contribution in [0.15, 0.2) is 46.0 Å². The van der Waals surface area contributed by atoms with Crippen LogP contribution in [0.1, 0.15) is 33.9 Å². The summed E-state index contributed by atoms with van der Waals surface area (Å²) in [5.41, 5.74) is 7.02. The molecule has 0 bridgehead atoms. The van der Waals surface area contributed by atoms with E-state index in [1.807, 2.05) is 51.1 Å². The van der Waals surface area contributed by atoms with Crippen LogP contribution in [0.25, 0.3) is 33.4 Å². The first-order valence-corrected chi connectivity index (χ1v) is 10.2. The molecule has 2 aromatic heterocycles. The van der Waals surface area contributed by atoms with E-state index in [0.717, 1.165) is 37.9 Å². The molecule has 6 nitrogen and oxygen atoms in total. The van der Waals surface area contributed by atoms with E-state index in [9.17, 15) is 14.7 Å². The Morgan fingerprint density at radius 3 is 2.42 bits per heavy atom. The third-order valence-electron chi connectivity index (χ3n) is 6.49. The maximum Gasteiger partial charge on any atom is 0.332 e. The van der Waals surface area contributed by atoms with Crippen molar-refractivity contribution in [1.82, 2.24) is 14.1 Å². The summed E-state index contributed by atoms with van der Waals surface area (Å²) in [5, 5.41) is 11.7. The quantitative estimate of drug-likeness (QED) is 0.520. The average molecular weight is 413 g/mol. The Morgan fingerprint density at radius 1 is 0.968 bits per heavy atom. The molecule has 1 N–H and O–H groups in total. The second kappa shape index (κ2) is 6.49. The Labute approximate surface area is 179 Å². The van der Waals surface area contributed by atoms with E-state index in [-0.39, 0.29) is 0 Å². The van der Waals surface area contributed by atoms with Crippen molar-refractivity contribution >= 4 is 11.0 Å². The molecule has 0 saturated heterocycles. The fourth-order valence-electron chi connectivity index (χ4n) is 4.76. The topological polar surface area (TPSA) is 77.1 Å². The van der Waals surface area contributed by atoms with Gasteiger partial charge >= 0.3 is 5.69 Å². The average Bonchev–Trinajstić information content (AvgIpc) is 3.04. The summed E-state index contributed by atoms with van der Waals surface area (Å²) in [6.07, 6.45) is -0.903. The minimum atomic E-state index is -0.903. The highest BCUT2D eigenvalue weighted by atomic mass is 16.3. The van der Waals surface area contributed by atoms with Crippen molar-refractivity contribution in [1.29, 1.82) is 0 Å². The van der Waals surface area contributed by atoms with Gasteiger partial charge in [0.2, 0.25) is 0 Å². The van der Waals surface area contributed by atoms with Crippen molar-refractivity contribution in [3.05, 3.63) is 85.1 Å². The van der Waals surface area contributed by atoms with Gasteiger partial charge in [-0.05, 0) is 43.0 Å². The van der Waals surface area contributed by atoms with Crippen molar-refractivity contribution < 1.29 is 5.11 Å². The zero-order chi connectivity index (χ0) is 22.2. The first-order valence-electron chi connectivity index (χ1n) is 10.2. The van der Waals surface area contributed by atoms with Gasteiger partial charge in [0.05, 0.1) is 11.1 Å². The molecule has 156 valence electrons. The van der Waals surface area contributed by atoms with E-state index in [0.29, 0.717) is 27.9 Å². The Hall–Kier alpha value is -3.51. The summed E-state index contributed by atoms with van der Waals surface area (Å²) < 4.78 is 2.51. The number of aliphatic hydroxyl groups is 1. The van der Waals surface area contributed by atoms with Crippen LogP contribution in [0, 0.1) is 20.8 Å². The largest absolute Gasteiger partial charge is 0.384 e. The minimum Gasteiger partial charge on any atom is -0.384 e. The molecule has 4 aromatic rings. The smallest absolute Gasteiger partial charge is 0.332 e. The Kier molecular flexibility index (Phi) is 4.07. The van der Waals surface area contributed by atoms with Crippen LogP contribution >= 0.6 is 0 Å². The van der Waals surface area contributed by atoms with Crippen molar-refractivity contribution in [3.8, 4) is 22.4 Å². The molecule has 0 amide bonds. The summed E-state index contributed by atoms with van der Waals surface area (Å²) in [4.78, 5) is 30.8. The zero-order valence-electron chi connectivity index (χ0n) is 18.1. The number of hydrogen-bond acceptors (Lipinski definition) is 4. The number of pyridine rings is 1. The number of fused-ring (bicyclic) bond motifs is 4. The predicted octanol–water partition coefficient (Wildman–Crippen LogP) is 3.29. The number of benzene rings is 2. The van der Waals surface area contributed by atoms with Crippen LogP contribution in [0.4, 0.5) is 0 Å². The van der Waals surface area contributed by atoms with E-state index >= 15 is 0 Å². The molecular formula is C25H23N3O3. The third kappa shape index (κ3) is 2.51. The van der Waals surface area contributed by atoms with Gasteiger partial charge in [-0.15, -0.1) is 0 Å². The molecule has 0 spiro atoms. The Morgan fingerprint density at radius 2 is 1.68 bits per heavy atom. The molecule has 31 heavy (non-hydrogen) atoms. The molecule has 0 unspecified atom stereocenters. The van der Waals surface area contributed by atoms with Gasteiger partial charge in [0.1, 0.15) is 6.10 Å². The number of nitrogens with zero attached hydrogens (tertiary/aromatic N) is 3. The first kappa shape index (κ1) is 19.5. The molecule has 5 rings (SSSR count). The van der Waals surface area contributed by atoms with Gasteiger partial charge in [-0.3, -0.25) is 13.9 Å². The van der Waals surface area contributed by atoms with Crippen LogP contribution in [0.2, 0.25) is 0 Å². The molecule has 0 fully saturated rings. The van der Waals surface area contributed by atoms with Gasteiger partial charge in [-0.2, -0.15) is 0 Å². The molecule has 2 aromatic carbocycles. The van der Waals surface area contributed by atoms with Gasteiger partial charge in [0, 0.05) is 30.8 Å². The highest BCUT2D eigenvalue weighted by Crippen LogP contribution is 2.49. The molecule has 1 aliphatic carbocycles. The van der Waals surface area contributed by atoms with E-state index in [1.165, 1.54) is 11.6 Å². The third-order valence-corrected chi connectivity index (χ3v) is 6.49. The molecule has 1 aliphatic rings. The summed E-state index contributed by atoms with van der Waals surface area (Å²) in [6, 6.07) is 11.7. The molecule has 2 heterocycles. The van der Waals surface area contributed by atoms with E-state index in [2.05, 4.69) is 6.07 Å². The standard InChI is InChI=1S/C25H23N3O3/c1-12-10-13(2)14(3)17(11-12)18-19-21(15-8-6-7-9-16(15)22(19)29)26-23-20(18)24(30)28(5)25(31)27(23)4/h6-11,22,29H,1-5H3/t22-/m1/s1. The van der Waals surface area contributed by atoms with Crippen LogP contribution < -0.4 is 11.2 Å². The lowest BCUT2D eigenvalue weighted by Gasteiger charge is -2.19. The Balaban J connectivity index is 2.10. The Bertz CT molecular complexity index is 1540. The number of aromatic nitrogens is 3. The zero-order valence-corrected chi connectivity index (χ0v) is 18.1. The maximum atomic E-state index is 13.4. The van der Waals surface area contributed by atoms with Gasteiger partial charge < -0.3 is 5.11 Å². The molecule has 0 saturated carbocycles. The molecular weight excluding hydrogens is 390 g/mol. The lowest BCUT2D eigenvalue weighted by molar-refractivity contribution is 0.225. The summed E-state index contributed by atoms with van der Waals surface area (Å²) >= 11 is 0. The van der Waals surface area contributed by atoms with Crippen LogP contribution in [0.5, 0.6) is 0 Å². The van der Waals surface area contributed by atoms with Crippen molar-refractivity contribution in [2.45, 2.75) is 26.9 Å². The van der Waals surface area contributed by atoms with Crippen molar-refractivity contribution in [2.24, 2.45) is 14.1 Å². The number of rotatable bonds is 1. The highest BCUT2D eigenvalue weighted by molar-refractivity contribution is 6.00. The number of hydrogen-bond donors (Lipinski definition) is 1. The van der Waals surface area contributed by atoms with E-state index in [1.54, 1.807) is 7.05 Å². The summed E-state index contributed by atoms with van der Waals surface area (Å²) in [6.45, 7) is 6.07. The molecule has 1 atom stereocenters. The lowest BCUT2D eigenvalue weighted by Crippen LogP contribution is -2.37. The minimum absolute atomic E-state index is 0.323. The van der Waals surface area contributed by atoms with Gasteiger partial charge in [-0.1, -0.05) is 42.0 Å². The summed E-state index contributed by atoms with van der Waals surface area (Å²) in [7, 11) is 3.10. The predicted molar refractivity (Wildman–Crippen MR) is 121 cm³/mol. The first-order chi connectivity index (χ1) is 14.7. The fourth-order valence-corrected chi connectivity index (χ4v) is 4.76. The number of aryl methyl sites for hydroxylation is 3. The van der Waals surface area contributed by atoms with E-state index < -0.39 is 17.4 Å². The second-order valence-electron chi connectivity index (χ2n) is 8.40.